The van der Waals surface area contributed by atoms with Crippen molar-refractivity contribution < 1.29 is 14.3 Å². The van der Waals surface area contributed by atoms with E-state index in [1.165, 1.54) is 7.11 Å². The first kappa shape index (κ1) is 12.9. The van der Waals surface area contributed by atoms with Gasteiger partial charge in [-0.2, -0.15) is 0 Å². The third-order valence-electron chi connectivity index (χ3n) is 3.43. The van der Waals surface area contributed by atoms with Gasteiger partial charge in [-0.25, -0.2) is 0 Å². The quantitative estimate of drug-likeness (QED) is 0.831. The molecule has 1 saturated heterocycles. The summed E-state index contributed by atoms with van der Waals surface area (Å²) in [6, 6.07) is 8.15. The minimum atomic E-state index is -0.107. The van der Waals surface area contributed by atoms with E-state index < -0.39 is 0 Å². The Morgan fingerprint density at radius 3 is 2.94 bits per heavy atom. The van der Waals surface area contributed by atoms with E-state index in [0.717, 1.165) is 30.7 Å². The van der Waals surface area contributed by atoms with Crippen LogP contribution in [0.3, 0.4) is 0 Å². The van der Waals surface area contributed by atoms with Crippen LogP contribution in [0.25, 0.3) is 0 Å². The summed E-state index contributed by atoms with van der Waals surface area (Å²) in [7, 11) is 3.11. The van der Waals surface area contributed by atoms with E-state index >= 15 is 0 Å². The second kappa shape index (κ2) is 5.87. The highest BCUT2D eigenvalue weighted by molar-refractivity contribution is 5.72. The standard InChI is InChI=1S/C14H19NO3/c1-17-12-5-3-4-10(8-12)13-9-11(6-7-15-13)14(16)18-2/h3-5,8,11,13,15H,6-7,9H2,1-2H3. The molecule has 2 atom stereocenters. The Morgan fingerprint density at radius 2 is 2.22 bits per heavy atom. The van der Waals surface area contributed by atoms with Crippen LogP contribution in [-0.4, -0.2) is 26.7 Å². The van der Waals surface area contributed by atoms with E-state index in [0.29, 0.717) is 0 Å². The predicted molar refractivity (Wildman–Crippen MR) is 68.5 cm³/mol. The van der Waals surface area contributed by atoms with Crippen molar-refractivity contribution in [2.45, 2.75) is 18.9 Å². The monoisotopic (exact) mass is 249 g/mol. The SMILES string of the molecule is COC(=O)C1CCNC(c2cccc(OC)c2)C1. The normalized spacial score (nSPS) is 23.4. The lowest BCUT2D eigenvalue weighted by Gasteiger charge is -2.29. The number of carbonyl (C=O) groups is 1. The lowest BCUT2D eigenvalue weighted by molar-refractivity contribution is -0.146. The van der Waals surface area contributed by atoms with Crippen LogP contribution >= 0.6 is 0 Å². The number of rotatable bonds is 3. The van der Waals surface area contributed by atoms with Gasteiger partial charge in [0, 0.05) is 6.04 Å². The van der Waals surface area contributed by atoms with Crippen molar-refractivity contribution in [3.63, 3.8) is 0 Å². The average molecular weight is 249 g/mol. The second-order valence-corrected chi connectivity index (χ2v) is 4.53. The summed E-state index contributed by atoms with van der Waals surface area (Å²) in [6.45, 7) is 0.835. The van der Waals surface area contributed by atoms with Crippen molar-refractivity contribution in [2.24, 2.45) is 5.92 Å². The highest BCUT2D eigenvalue weighted by Crippen LogP contribution is 2.29. The number of methoxy groups -OCH3 is 2. The molecule has 0 amide bonds. The molecule has 0 bridgehead atoms. The van der Waals surface area contributed by atoms with Gasteiger partial charge in [0.1, 0.15) is 5.75 Å². The maximum atomic E-state index is 11.6. The van der Waals surface area contributed by atoms with Crippen molar-refractivity contribution in [2.75, 3.05) is 20.8 Å². The number of esters is 1. The fraction of sp³-hybridized carbons (Fsp3) is 0.500. The zero-order valence-corrected chi connectivity index (χ0v) is 10.8. The Balaban J connectivity index is 2.10. The molecule has 1 aliphatic rings. The van der Waals surface area contributed by atoms with E-state index in [9.17, 15) is 4.79 Å². The molecule has 2 rings (SSSR count). The predicted octanol–water partition coefficient (Wildman–Crippen LogP) is 1.91. The van der Waals surface area contributed by atoms with Gasteiger partial charge in [0.2, 0.25) is 0 Å². The van der Waals surface area contributed by atoms with Crippen LogP contribution < -0.4 is 10.1 Å². The first-order chi connectivity index (χ1) is 8.74. The molecule has 98 valence electrons. The minimum Gasteiger partial charge on any atom is -0.497 e. The molecular weight excluding hydrogens is 230 g/mol. The minimum absolute atomic E-state index is 0.00699. The van der Waals surface area contributed by atoms with Gasteiger partial charge in [-0.05, 0) is 37.1 Å². The third-order valence-corrected chi connectivity index (χ3v) is 3.43. The fourth-order valence-corrected chi connectivity index (χ4v) is 2.41. The average Bonchev–Trinajstić information content (AvgIpc) is 2.46. The maximum absolute atomic E-state index is 11.6. The van der Waals surface area contributed by atoms with Crippen molar-refractivity contribution in [3.05, 3.63) is 29.8 Å². The van der Waals surface area contributed by atoms with Crippen LogP contribution in [0, 0.1) is 5.92 Å². The smallest absolute Gasteiger partial charge is 0.308 e. The molecule has 1 aromatic rings. The van der Waals surface area contributed by atoms with Crippen LogP contribution in [0.2, 0.25) is 0 Å². The Morgan fingerprint density at radius 1 is 1.39 bits per heavy atom. The van der Waals surface area contributed by atoms with Gasteiger partial charge in [-0.1, -0.05) is 12.1 Å². The van der Waals surface area contributed by atoms with Crippen molar-refractivity contribution in [1.82, 2.24) is 5.32 Å². The molecule has 0 aromatic heterocycles. The Labute approximate surface area is 107 Å². The maximum Gasteiger partial charge on any atom is 0.308 e. The molecule has 0 saturated carbocycles. The number of benzene rings is 1. The number of carbonyl (C=O) groups excluding carboxylic acids is 1. The summed E-state index contributed by atoms with van der Waals surface area (Å²) in [6.07, 6.45) is 1.62. The van der Waals surface area contributed by atoms with E-state index in [2.05, 4.69) is 11.4 Å². The summed E-state index contributed by atoms with van der Waals surface area (Å²) in [5, 5.41) is 3.43. The molecule has 0 radical (unpaired) electrons. The summed E-state index contributed by atoms with van der Waals surface area (Å²) < 4.78 is 10.0. The van der Waals surface area contributed by atoms with Crippen LogP contribution in [0.1, 0.15) is 24.4 Å². The first-order valence-corrected chi connectivity index (χ1v) is 6.19. The van der Waals surface area contributed by atoms with Gasteiger partial charge in [-0.3, -0.25) is 4.79 Å². The summed E-state index contributed by atoms with van der Waals surface area (Å²) in [5.41, 5.74) is 1.16. The number of ether oxygens (including phenoxy) is 2. The molecule has 2 unspecified atom stereocenters. The van der Waals surface area contributed by atoms with Crippen molar-refractivity contribution in [3.8, 4) is 5.75 Å². The Kier molecular flexibility index (Phi) is 4.20. The van der Waals surface area contributed by atoms with E-state index in [4.69, 9.17) is 9.47 Å². The first-order valence-electron chi connectivity index (χ1n) is 6.19. The van der Waals surface area contributed by atoms with Gasteiger partial charge >= 0.3 is 5.97 Å². The molecule has 1 heterocycles. The largest absolute Gasteiger partial charge is 0.497 e. The fourth-order valence-electron chi connectivity index (χ4n) is 2.41. The molecule has 1 fully saturated rings. The van der Waals surface area contributed by atoms with Crippen LogP contribution in [0.4, 0.5) is 0 Å². The molecule has 1 aliphatic heterocycles. The van der Waals surface area contributed by atoms with Gasteiger partial charge in [0.15, 0.2) is 0 Å². The van der Waals surface area contributed by atoms with Gasteiger partial charge in [0.05, 0.1) is 20.1 Å². The number of nitrogens with one attached hydrogen (secondary N) is 1. The van der Waals surface area contributed by atoms with E-state index in [1.807, 2.05) is 18.2 Å². The number of hydrogen-bond acceptors (Lipinski definition) is 4. The van der Waals surface area contributed by atoms with Crippen molar-refractivity contribution in [1.29, 1.82) is 0 Å². The molecule has 18 heavy (non-hydrogen) atoms. The van der Waals surface area contributed by atoms with Gasteiger partial charge in [0.25, 0.3) is 0 Å². The Bertz CT molecular complexity index is 419. The van der Waals surface area contributed by atoms with Crippen LogP contribution in [0.15, 0.2) is 24.3 Å². The molecule has 0 aliphatic carbocycles. The Hall–Kier alpha value is -1.55. The summed E-state index contributed by atoms with van der Waals surface area (Å²) in [5.74, 6) is 0.728. The zero-order valence-electron chi connectivity index (χ0n) is 10.8. The third kappa shape index (κ3) is 2.82. The summed E-state index contributed by atoms with van der Waals surface area (Å²) in [4.78, 5) is 11.6. The zero-order chi connectivity index (χ0) is 13.0. The van der Waals surface area contributed by atoms with E-state index in [1.54, 1.807) is 7.11 Å². The van der Waals surface area contributed by atoms with Crippen molar-refractivity contribution >= 4 is 5.97 Å². The number of hydrogen-bond donors (Lipinski definition) is 1. The highest BCUT2D eigenvalue weighted by Gasteiger charge is 2.28. The molecule has 4 heteroatoms. The molecule has 0 spiro atoms. The van der Waals surface area contributed by atoms with E-state index in [-0.39, 0.29) is 17.9 Å². The number of piperidine rings is 1. The molecular formula is C14H19NO3. The molecule has 1 aromatic carbocycles. The highest BCUT2D eigenvalue weighted by atomic mass is 16.5. The second-order valence-electron chi connectivity index (χ2n) is 4.53. The topological polar surface area (TPSA) is 47.6 Å². The lowest BCUT2D eigenvalue weighted by Crippen LogP contribution is -2.35. The van der Waals surface area contributed by atoms with Crippen LogP contribution in [-0.2, 0) is 9.53 Å². The summed E-state index contributed by atoms with van der Waals surface area (Å²) >= 11 is 0. The van der Waals surface area contributed by atoms with Gasteiger partial charge in [-0.15, -0.1) is 0 Å². The molecule has 4 nitrogen and oxygen atoms in total. The van der Waals surface area contributed by atoms with Crippen LogP contribution in [0.5, 0.6) is 5.75 Å². The van der Waals surface area contributed by atoms with Gasteiger partial charge < -0.3 is 14.8 Å². The molecule has 1 N–H and O–H groups in total. The lowest BCUT2D eigenvalue weighted by atomic mass is 9.89.